The van der Waals surface area contributed by atoms with E-state index in [0.717, 1.165) is 6.33 Å². The number of carboxylic acid groups (broad SMARTS) is 1. The minimum atomic E-state index is -5.14. The van der Waals surface area contributed by atoms with Gasteiger partial charge in [0, 0.05) is 0 Å². The van der Waals surface area contributed by atoms with Gasteiger partial charge in [-0.15, -0.1) is 0 Å². The van der Waals surface area contributed by atoms with Gasteiger partial charge >= 0.3 is 65.1 Å². The van der Waals surface area contributed by atoms with Crippen LogP contribution >= 0.6 is 7.82 Å². The van der Waals surface area contributed by atoms with Gasteiger partial charge in [0.25, 0.3) is 5.56 Å². The van der Waals surface area contributed by atoms with Gasteiger partial charge in [-0.3, -0.25) is 9.36 Å². The maximum absolute atomic E-state index is 11.5. The Hall–Kier alpha value is -0.190. The molecule has 0 radical (unpaired) electrons. The van der Waals surface area contributed by atoms with Crippen LogP contribution < -0.4 is 74.5 Å². The second-order valence-corrected chi connectivity index (χ2v) is 5.73. The molecule has 1 fully saturated rings. The summed E-state index contributed by atoms with van der Waals surface area (Å²) in [5.74, 6) is -1.39. The number of aliphatic hydroxyl groups is 2. The Kier molecular flexibility index (Phi) is 10.5. The normalized spacial score (nSPS) is 24.3. The van der Waals surface area contributed by atoms with Crippen LogP contribution in [0.25, 0.3) is 11.2 Å². The standard InChI is InChI=1S/C10H10N4O6.2Na.H3O4P/c15-4-5(16)9(20-6(4)10(18)19)14-2-13-3-7(14)11-1-12-8(3)17;;;1-5(2,3)4/h1-2,4-6,9,15-16H,(H,18,19)(H,11,12,17);;;(H3,1,2,3,4)/q;2*+1;/p-2/t4-,5+,6-,9+;;;/m0.../s1. The zero-order valence-corrected chi connectivity index (χ0v) is 18.9. The Morgan fingerprint density at radius 3 is 2.30 bits per heavy atom. The van der Waals surface area contributed by atoms with Crippen LogP contribution in [0.15, 0.2) is 17.4 Å². The molecule has 4 atom stereocenters. The molecule has 5 N–H and O–H groups in total. The van der Waals surface area contributed by atoms with Gasteiger partial charge in [-0.2, -0.15) is 0 Å². The summed E-state index contributed by atoms with van der Waals surface area (Å²) in [6.45, 7) is 0. The molecule has 0 spiro atoms. The summed E-state index contributed by atoms with van der Waals surface area (Å²) in [5.41, 5.74) is -0.329. The molecular formula is C10H11N4Na2O10P. The summed E-state index contributed by atoms with van der Waals surface area (Å²) in [6, 6.07) is 0. The van der Waals surface area contributed by atoms with Crippen molar-refractivity contribution >= 4 is 25.0 Å². The van der Waals surface area contributed by atoms with Gasteiger partial charge in [-0.05, 0) is 0 Å². The number of carbonyl (C=O) groups is 1. The van der Waals surface area contributed by atoms with Crippen LogP contribution in [0.3, 0.4) is 0 Å². The number of carboxylic acids is 1. The molecule has 17 heteroatoms. The molecule has 138 valence electrons. The zero-order valence-electron chi connectivity index (χ0n) is 14.0. The van der Waals surface area contributed by atoms with Gasteiger partial charge in [-0.25, -0.2) is 14.8 Å². The summed E-state index contributed by atoms with van der Waals surface area (Å²) in [7, 11) is -5.14. The number of hydrogen-bond acceptors (Lipinski definition) is 10. The quantitative estimate of drug-likeness (QED) is 0.223. The Morgan fingerprint density at radius 1 is 1.26 bits per heavy atom. The van der Waals surface area contributed by atoms with Crippen molar-refractivity contribution in [2.24, 2.45) is 0 Å². The van der Waals surface area contributed by atoms with Crippen LogP contribution in [0.5, 0.6) is 0 Å². The van der Waals surface area contributed by atoms with E-state index in [-0.39, 0.29) is 70.3 Å². The smallest absolute Gasteiger partial charge is 0.790 e. The van der Waals surface area contributed by atoms with Gasteiger partial charge in [-0.1, -0.05) is 0 Å². The molecule has 14 nitrogen and oxygen atoms in total. The van der Waals surface area contributed by atoms with Crippen LogP contribution in [0.4, 0.5) is 0 Å². The van der Waals surface area contributed by atoms with Crippen molar-refractivity contribution in [3.05, 3.63) is 23.0 Å². The number of fused-ring (bicyclic) bond motifs is 1. The molecule has 1 saturated heterocycles. The molecule has 1 aliphatic heterocycles. The van der Waals surface area contributed by atoms with Crippen molar-refractivity contribution in [1.82, 2.24) is 19.5 Å². The van der Waals surface area contributed by atoms with E-state index in [9.17, 15) is 19.8 Å². The van der Waals surface area contributed by atoms with Gasteiger partial charge in [0.2, 0.25) is 0 Å². The number of H-pyrrole nitrogens is 1. The van der Waals surface area contributed by atoms with Crippen molar-refractivity contribution in [2.75, 3.05) is 0 Å². The predicted molar refractivity (Wildman–Crippen MR) is 71.5 cm³/mol. The molecule has 0 aromatic carbocycles. The molecule has 0 aliphatic carbocycles. The molecule has 0 amide bonds. The maximum atomic E-state index is 11.5. The summed E-state index contributed by atoms with van der Waals surface area (Å²) in [5, 5.41) is 28.4. The van der Waals surface area contributed by atoms with E-state index in [1.54, 1.807) is 0 Å². The summed E-state index contributed by atoms with van der Waals surface area (Å²) < 4.78 is 15.0. The number of aliphatic hydroxyl groups excluding tert-OH is 2. The first kappa shape index (κ1) is 26.8. The fourth-order valence-electron chi connectivity index (χ4n) is 2.14. The number of aromatic amines is 1. The molecule has 0 unspecified atom stereocenters. The Balaban J connectivity index is 0.000000864. The Morgan fingerprint density at radius 2 is 1.81 bits per heavy atom. The van der Waals surface area contributed by atoms with Gasteiger partial charge in [0.1, 0.15) is 12.2 Å². The van der Waals surface area contributed by atoms with Crippen molar-refractivity contribution in [2.45, 2.75) is 24.5 Å². The average molecular weight is 424 g/mol. The van der Waals surface area contributed by atoms with E-state index < -0.39 is 43.9 Å². The number of phosphoric acid groups is 1. The maximum Gasteiger partial charge on any atom is 1.00 e. The van der Waals surface area contributed by atoms with Crippen LogP contribution in [0, 0.1) is 0 Å². The number of nitrogens with one attached hydrogen (secondary N) is 1. The SMILES string of the molecule is O=C(O)[C@H]1O[C@@H](n2cnc3c(=O)[nH]cnc32)[C@H](O)[C@@H]1O.O=P([O-])([O-])O.[Na+].[Na+]. The van der Waals surface area contributed by atoms with Gasteiger partial charge < -0.3 is 44.3 Å². The molecule has 0 saturated carbocycles. The first-order chi connectivity index (χ1) is 11.5. The van der Waals surface area contributed by atoms with Gasteiger partial charge in [0.15, 0.2) is 23.5 Å². The molecule has 1 aliphatic rings. The minimum absolute atomic E-state index is 0. The summed E-state index contributed by atoms with van der Waals surface area (Å²) in [4.78, 5) is 56.8. The minimum Gasteiger partial charge on any atom is -0.790 e. The number of rotatable bonds is 2. The number of aromatic nitrogens is 4. The van der Waals surface area contributed by atoms with E-state index in [0.29, 0.717) is 0 Å². The Bertz CT molecular complexity index is 876. The van der Waals surface area contributed by atoms with E-state index in [2.05, 4.69) is 15.0 Å². The van der Waals surface area contributed by atoms with E-state index in [4.69, 9.17) is 29.1 Å². The first-order valence-electron chi connectivity index (χ1n) is 6.40. The number of aliphatic carboxylic acids is 1. The predicted octanol–water partition coefficient (Wildman–Crippen LogP) is -10.4. The molecule has 2 aromatic rings. The third kappa shape index (κ3) is 6.68. The number of hydrogen-bond donors (Lipinski definition) is 5. The monoisotopic (exact) mass is 424 g/mol. The zero-order chi connectivity index (χ0) is 18.9. The molecule has 2 aromatic heterocycles. The fraction of sp³-hybridized carbons (Fsp3) is 0.400. The van der Waals surface area contributed by atoms with E-state index >= 15 is 0 Å². The van der Waals surface area contributed by atoms with Crippen LogP contribution in [-0.4, -0.2) is 64.0 Å². The molecule has 3 rings (SSSR count). The second-order valence-electron chi connectivity index (χ2n) is 4.79. The Labute approximate surface area is 194 Å². The molecule has 3 heterocycles. The van der Waals surface area contributed by atoms with Crippen molar-refractivity contribution < 1.29 is 103 Å². The van der Waals surface area contributed by atoms with Crippen LogP contribution in [0.1, 0.15) is 6.23 Å². The molecule has 27 heavy (non-hydrogen) atoms. The van der Waals surface area contributed by atoms with Crippen LogP contribution in [-0.2, 0) is 14.1 Å². The molecular weight excluding hydrogens is 413 g/mol. The summed E-state index contributed by atoms with van der Waals surface area (Å²) >= 11 is 0. The summed E-state index contributed by atoms with van der Waals surface area (Å²) in [6.07, 6.45) is -3.47. The first-order valence-corrected chi connectivity index (χ1v) is 7.89. The van der Waals surface area contributed by atoms with E-state index in [1.165, 1.54) is 10.9 Å². The third-order valence-corrected chi connectivity index (χ3v) is 3.12. The van der Waals surface area contributed by atoms with Crippen molar-refractivity contribution in [3.63, 3.8) is 0 Å². The van der Waals surface area contributed by atoms with Crippen molar-refractivity contribution in [1.29, 1.82) is 0 Å². The largest absolute Gasteiger partial charge is 1.00 e. The average Bonchev–Trinajstić information content (AvgIpc) is 3.01. The van der Waals surface area contributed by atoms with Crippen molar-refractivity contribution in [3.8, 4) is 0 Å². The van der Waals surface area contributed by atoms with E-state index in [1.807, 2.05) is 0 Å². The number of ether oxygens (including phenoxy) is 1. The van der Waals surface area contributed by atoms with Gasteiger partial charge in [0.05, 0.1) is 20.5 Å². The topological polar surface area (TPSA) is 234 Å². The fourth-order valence-corrected chi connectivity index (χ4v) is 2.14. The number of imidazole rings is 1. The third-order valence-electron chi connectivity index (χ3n) is 3.12. The number of nitrogens with zero attached hydrogens (tertiary/aromatic N) is 3. The second kappa shape index (κ2) is 10.5. The molecule has 0 bridgehead atoms. The van der Waals surface area contributed by atoms with Crippen LogP contribution in [0.2, 0.25) is 0 Å².